The molecule has 0 amide bonds. The highest BCUT2D eigenvalue weighted by atomic mass is 31.2. The minimum Gasteiger partial charge on any atom is -0.396 e. The van der Waals surface area contributed by atoms with E-state index < -0.39 is 7.60 Å². The SMILES string of the molecule is C/C=C/P1(=O)OCC(CCCC)(CCCO)CO1. The van der Waals surface area contributed by atoms with Gasteiger partial charge in [-0.05, 0) is 26.2 Å². The lowest BCUT2D eigenvalue weighted by Crippen LogP contribution is -2.35. The Balaban J connectivity index is 2.62. The summed E-state index contributed by atoms with van der Waals surface area (Å²) in [6.07, 6.45) is 6.52. The van der Waals surface area contributed by atoms with Crippen LogP contribution in [0.5, 0.6) is 0 Å². The second kappa shape index (κ2) is 7.44. The zero-order chi connectivity index (χ0) is 13.5. The summed E-state index contributed by atoms with van der Waals surface area (Å²) < 4.78 is 23.0. The van der Waals surface area contributed by atoms with Crippen molar-refractivity contribution in [1.29, 1.82) is 0 Å². The van der Waals surface area contributed by atoms with Gasteiger partial charge in [0.25, 0.3) is 0 Å². The fourth-order valence-electron chi connectivity index (χ4n) is 2.22. The molecule has 1 aliphatic heterocycles. The highest BCUT2D eigenvalue weighted by Crippen LogP contribution is 2.56. The number of hydrogen-bond donors (Lipinski definition) is 1. The Labute approximate surface area is 110 Å². The first kappa shape index (κ1) is 15.9. The molecule has 0 aromatic rings. The molecular weight excluding hydrogens is 251 g/mol. The molecule has 1 saturated heterocycles. The van der Waals surface area contributed by atoms with Gasteiger partial charge in [-0.1, -0.05) is 25.8 Å². The number of hydrogen-bond acceptors (Lipinski definition) is 4. The van der Waals surface area contributed by atoms with Crippen LogP contribution in [0.3, 0.4) is 0 Å². The first-order chi connectivity index (χ1) is 8.60. The van der Waals surface area contributed by atoms with Crippen molar-refractivity contribution in [1.82, 2.24) is 0 Å². The molecule has 106 valence electrons. The monoisotopic (exact) mass is 276 g/mol. The minimum atomic E-state index is -3.00. The largest absolute Gasteiger partial charge is 0.396 e. The molecule has 0 radical (unpaired) electrons. The van der Waals surface area contributed by atoms with Gasteiger partial charge in [0, 0.05) is 17.8 Å². The van der Waals surface area contributed by atoms with E-state index in [-0.39, 0.29) is 12.0 Å². The quantitative estimate of drug-likeness (QED) is 0.720. The molecule has 0 aliphatic carbocycles. The third-order valence-corrected chi connectivity index (χ3v) is 5.00. The second-order valence-corrected chi connectivity index (χ2v) is 6.89. The Bertz CT molecular complexity index is 292. The number of rotatable bonds is 7. The van der Waals surface area contributed by atoms with Crippen LogP contribution >= 0.6 is 7.60 Å². The highest BCUT2D eigenvalue weighted by Gasteiger charge is 2.40. The van der Waals surface area contributed by atoms with Gasteiger partial charge in [0.1, 0.15) is 0 Å². The zero-order valence-electron chi connectivity index (χ0n) is 11.4. The van der Waals surface area contributed by atoms with Gasteiger partial charge >= 0.3 is 7.60 Å². The van der Waals surface area contributed by atoms with E-state index in [1.807, 2.05) is 0 Å². The van der Waals surface area contributed by atoms with Gasteiger partial charge in [-0.25, -0.2) is 0 Å². The Hall–Kier alpha value is -0.150. The van der Waals surface area contributed by atoms with E-state index >= 15 is 0 Å². The van der Waals surface area contributed by atoms with Crippen molar-refractivity contribution in [3.05, 3.63) is 11.9 Å². The summed E-state index contributed by atoms with van der Waals surface area (Å²) in [7, 11) is -3.00. The van der Waals surface area contributed by atoms with Crippen LogP contribution in [0, 0.1) is 5.41 Å². The molecule has 0 aromatic heterocycles. The van der Waals surface area contributed by atoms with Gasteiger partial charge in [-0.15, -0.1) is 0 Å². The third-order valence-electron chi connectivity index (χ3n) is 3.36. The lowest BCUT2D eigenvalue weighted by molar-refractivity contribution is 0.00328. The normalized spacial score (nSPS) is 33.1. The maximum atomic E-state index is 12.1. The van der Waals surface area contributed by atoms with Crippen LogP contribution in [-0.4, -0.2) is 24.9 Å². The van der Waals surface area contributed by atoms with Crippen LogP contribution in [0.2, 0.25) is 0 Å². The van der Waals surface area contributed by atoms with E-state index in [9.17, 15) is 4.57 Å². The molecule has 0 atom stereocenters. The van der Waals surface area contributed by atoms with Gasteiger partial charge in [0.15, 0.2) is 0 Å². The molecule has 1 rings (SSSR count). The zero-order valence-corrected chi connectivity index (χ0v) is 12.3. The first-order valence-corrected chi connectivity index (χ1v) is 8.34. The predicted molar refractivity (Wildman–Crippen MR) is 72.6 cm³/mol. The van der Waals surface area contributed by atoms with E-state index in [0.29, 0.717) is 13.2 Å². The average Bonchev–Trinajstić information content (AvgIpc) is 2.38. The molecule has 1 heterocycles. The molecule has 0 spiro atoms. The lowest BCUT2D eigenvalue weighted by Gasteiger charge is -2.39. The van der Waals surface area contributed by atoms with Crippen molar-refractivity contribution in [2.45, 2.75) is 46.0 Å². The van der Waals surface area contributed by atoms with E-state index in [1.54, 1.807) is 13.0 Å². The standard InChI is InChI=1S/C13H25O4P/c1-3-5-7-13(8-6-9-14)11-16-18(15,10-4-2)17-12-13/h4,10,14H,3,5-9,11-12H2,1-2H3/b10-4+. The van der Waals surface area contributed by atoms with Crippen molar-refractivity contribution >= 4 is 7.60 Å². The van der Waals surface area contributed by atoms with Crippen molar-refractivity contribution in [2.75, 3.05) is 19.8 Å². The van der Waals surface area contributed by atoms with Crippen LogP contribution in [0.15, 0.2) is 11.9 Å². The van der Waals surface area contributed by atoms with Crippen LogP contribution in [0.4, 0.5) is 0 Å². The molecule has 0 unspecified atom stereocenters. The smallest absolute Gasteiger partial charge is 0.353 e. The Kier molecular flexibility index (Phi) is 6.58. The summed E-state index contributed by atoms with van der Waals surface area (Å²) in [5.74, 6) is 1.52. The molecule has 4 nitrogen and oxygen atoms in total. The number of allylic oxidation sites excluding steroid dienone is 1. The van der Waals surface area contributed by atoms with Gasteiger partial charge in [-0.2, -0.15) is 0 Å². The van der Waals surface area contributed by atoms with Crippen LogP contribution in [-0.2, 0) is 13.6 Å². The van der Waals surface area contributed by atoms with Crippen LogP contribution in [0.1, 0.15) is 46.0 Å². The van der Waals surface area contributed by atoms with Gasteiger partial charge < -0.3 is 14.2 Å². The molecule has 1 N–H and O–H groups in total. The molecule has 0 bridgehead atoms. The van der Waals surface area contributed by atoms with E-state index in [1.165, 1.54) is 5.82 Å². The van der Waals surface area contributed by atoms with Crippen LogP contribution < -0.4 is 0 Å². The van der Waals surface area contributed by atoms with Gasteiger partial charge in [0.05, 0.1) is 13.2 Å². The van der Waals surface area contributed by atoms with Gasteiger partial charge in [0.2, 0.25) is 0 Å². The molecule has 1 fully saturated rings. The summed E-state index contributed by atoms with van der Waals surface area (Å²) >= 11 is 0. The Morgan fingerprint density at radius 3 is 2.39 bits per heavy atom. The van der Waals surface area contributed by atoms with Crippen molar-refractivity contribution < 1.29 is 18.7 Å². The summed E-state index contributed by atoms with van der Waals surface area (Å²) in [5, 5.41) is 8.98. The predicted octanol–water partition coefficient (Wildman–Crippen LogP) is 3.71. The topological polar surface area (TPSA) is 55.8 Å². The van der Waals surface area contributed by atoms with Crippen molar-refractivity contribution in [3.63, 3.8) is 0 Å². The molecule has 1 aliphatic rings. The fourth-order valence-corrected chi connectivity index (χ4v) is 3.74. The molecular formula is C13H25O4P. The number of unbranched alkanes of at least 4 members (excludes halogenated alkanes) is 1. The Morgan fingerprint density at radius 1 is 1.28 bits per heavy atom. The number of aliphatic hydroxyl groups excluding tert-OH is 1. The molecule has 5 heteroatoms. The van der Waals surface area contributed by atoms with E-state index in [4.69, 9.17) is 14.2 Å². The molecule has 0 saturated carbocycles. The summed E-state index contributed by atoms with van der Waals surface area (Å²) in [6.45, 7) is 5.07. The molecule has 0 aromatic carbocycles. The van der Waals surface area contributed by atoms with Gasteiger partial charge in [-0.3, -0.25) is 4.57 Å². The molecule has 18 heavy (non-hydrogen) atoms. The van der Waals surface area contributed by atoms with Crippen molar-refractivity contribution in [2.24, 2.45) is 5.41 Å². The van der Waals surface area contributed by atoms with Crippen molar-refractivity contribution in [3.8, 4) is 0 Å². The van der Waals surface area contributed by atoms with E-state index in [2.05, 4.69) is 6.92 Å². The summed E-state index contributed by atoms with van der Waals surface area (Å²) in [6, 6.07) is 0. The fraction of sp³-hybridized carbons (Fsp3) is 0.846. The third kappa shape index (κ3) is 4.51. The highest BCUT2D eigenvalue weighted by molar-refractivity contribution is 7.57. The maximum Gasteiger partial charge on any atom is 0.353 e. The average molecular weight is 276 g/mol. The lowest BCUT2D eigenvalue weighted by atomic mass is 9.80. The van der Waals surface area contributed by atoms with Crippen LogP contribution in [0.25, 0.3) is 0 Å². The maximum absolute atomic E-state index is 12.1. The summed E-state index contributed by atoms with van der Waals surface area (Å²) in [4.78, 5) is 0. The Morgan fingerprint density at radius 2 is 1.89 bits per heavy atom. The summed E-state index contributed by atoms with van der Waals surface area (Å²) in [5.41, 5.74) is -0.0752. The minimum absolute atomic E-state index is 0.0752. The first-order valence-electron chi connectivity index (χ1n) is 6.73. The number of aliphatic hydroxyl groups is 1. The second-order valence-electron chi connectivity index (χ2n) is 5.00. The van der Waals surface area contributed by atoms with E-state index in [0.717, 1.165) is 32.1 Å².